The van der Waals surface area contributed by atoms with Gasteiger partial charge in [-0.25, -0.2) is 19.6 Å². The molecule has 4 heterocycles. The quantitative estimate of drug-likeness (QED) is 0.562. The molecule has 0 bridgehead atoms. The zero-order chi connectivity index (χ0) is 25.6. The third kappa shape index (κ3) is 4.67. The summed E-state index contributed by atoms with van der Waals surface area (Å²) in [6.07, 6.45) is 2.18. The first-order valence-corrected chi connectivity index (χ1v) is 12.3. The van der Waals surface area contributed by atoms with Crippen LogP contribution >= 0.6 is 0 Å². The third-order valence-electron chi connectivity index (χ3n) is 6.41. The fraction of sp³-hybridized carbons (Fsp3) is 0.462. The number of fused-ring (bicyclic) bond motifs is 2. The summed E-state index contributed by atoms with van der Waals surface area (Å²) >= 11 is 0. The van der Waals surface area contributed by atoms with Crippen LogP contribution in [0.25, 0.3) is 11.1 Å². The SMILES string of the molecule is Cc1nc2c(C)cc(NC(=O)N3CCc4c(N5CCN(C(=O)OC(C)(C)C)CC5)ccnc43)cc2o1. The normalized spacial score (nSPS) is 15.9. The van der Waals surface area contributed by atoms with Gasteiger partial charge in [0.1, 0.15) is 16.9 Å². The molecule has 0 spiro atoms. The van der Waals surface area contributed by atoms with E-state index in [9.17, 15) is 9.59 Å². The molecule has 3 amide bonds. The van der Waals surface area contributed by atoms with Crippen LogP contribution < -0.4 is 15.1 Å². The number of urea groups is 1. The molecule has 0 saturated carbocycles. The first-order valence-electron chi connectivity index (χ1n) is 12.3. The number of anilines is 3. The van der Waals surface area contributed by atoms with E-state index in [4.69, 9.17) is 9.15 Å². The Morgan fingerprint density at radius 2 is 1.83 bits per heavy atom. The number of oxazole rings is 1. The molecule has 10 nitrogen and oxygen atoms in total. The molecule has 3 aromatic rings. The van der Waals surface area contributed by atoms with Crippen molar-refractivity contribution in [2.45, 2.75) is 46.6 Å². The molecule has 0 unspecified atom stereocenters. The Labute approximate surface area is 210 Å². The van der Waals surface area contributed by atoms with Crippen LogP contribution in [0.2, 0.25) is 0 Å². The van der Waals surface area contributed by atoms with Crippen LogP contribution in [0.5, 0.6) is 0 Å². The minimum absolute atomic E-state index is 0.233. The lowest BCUT2D eigenvalue weighted by molar-refractivity contribution is 0.0240. The Balaban J connectivity index is 1.28. The van der Waals surface area contributed by atoms with Crippen LogP contribution in [0.3, 0.4) is 0 Å². The van der Waals surface area contributed by atoms with Gasteiger partial charge in [0, 0.05) is 68.8 Å². The second-order valence-corrected chi connectivity index (χ2v) is 10.3. The number of rotatable bonds is 2. The van der Waals surface area contributed by atoms with E-state index >= 15 is 0 Å². The number of pyridine rings is 1. The first kappa shape index (κ1) is 23.9. The molecule has 1 fully saturated rings. The molecule has 10 heteroatoms. The summed E-state index contributed by atoms with van der Waals surface area (Å²) in [7, 11) is 0. The fourth-order valence-corrected chi connectivity index (χ4v) is 4.79. The van der Waals surface area contributed by atoms with Crippen LogP contribution in [-0.4, -0.2) is 65.3 Å². The van der Waals surface area contributed by atoms with Gasteiger partial charge >= 0.3 is 12.1 Å². The molecule has 5 rings (SSSR count). The van der Waals surface area contributed by atoms with Crippen molar-refractivity contribution >= 4 is 40.4 Å². The lowest BCUT2D eigenvalue weighted by Crippen LogP contribution is -2.50. The van der Waals surface area contributed by atoms with Crippen molar-refractivity contribution in [1.29, 1.82) is 0 Å². The summed E-state index contributed by atoms with van der Waals surface area (Å²) in [4.78, 5) is 40.2. The zero-order valence-corrected chi connectivity index (χ0v) is 21.4. The number of aromatic nitrogens is 2. The average molecular weight is 493 g/mol. The van der Waals surface area contributed by atoms with E-state index in [0.29, 0.717) is 55.7 Å². The van der Waals surface area contributed by atoms with E-state index in [1.54, 1.807) is 29.0 Å². The number of hydrogen-bond donors (Lipinski definition) is 1. The highest BCUT2D eigenvalue weighted by Crippen LogP contribution is 2.35. The number of nitrogens with one attached hydrogen (secondary N) is 1. The van der Waals surface area contributed by atoms with Crippen LogP contribution in [0, 0.1) is 13.8 Å². The van der Waals surface area contributed by atoms with E-state index in [-0.39, 0.29) is 12.1 Å². The lowest BCUT2D eigenvalue weighted by atomic mass is 10.1. The molecule has 0 atom stereocenters. The van der Waals surface area contributed by atoms with E-state index in [1.165, 1.54) is 0 Å². The predicted octanol–water partition coefficient (Wildman–Crippen LogP) is 4.49. The number of piperazine rings is 1. The smallest absolute Gasteiger partial charge is 0.410 e. The van der Waals surface area contributed by atoms with Gasteiger partial charge in [-0.15, -0.1) is 0 Å². The van der Waals surface area contributed by atoms with Gasteiger partial charge in [0.05, 0.1) is 0 Å². The molecule has 190 valence electrons. The van der Waals surface area contributed by atoms with Crippen LogP contribution in [0.4, 0.5) is 26.8 Å². The van der Waals surface area contributed by atoms with Crippen molar-refractivity contribution in [1.82, 2.24) is 14.9 Å². The Morgan fingerprint density at radius 3 is 2.56 bits per heavy atom. The van der Waals surface area contributed by atoms with Gasteiger partial charge in [0.15, 0.2) is 11.5 Å². The predicted molar refractivity (Wildman–Crippen MR) is 138 cm³/mol. The Morgan fingerprint density at radius 1 is 1.08 bits per heavy atom. The van der Waals surface area contributed by atoms with E-state index < -0.39 is 5.60 Å². The maximum Gasteiger partial charge on any atom is 0.410 e. The number of ether oxygens (including phenoxy) is 1. The summed E-state index contributed by atoms with van der Waals surface area (Å²) in [5.74, 6) is 1.27. The summed E-state index contributed by atoms with van der Waals surface area (Å²) in [5, 5.41) is 2.99. The van der Waals surface area contributed by atoms with Crippen LogP contribution in [0.15, 0.2) is 28.8 Å². The number of hydrogen-bond acceptors (Lipinski definition) is 7. The molecular weight excluding hydrogens is 460 g/mol. The number of nitrogens with zero attached hydrogens (tertiary/aromatic N) is 5. The zero-order valence-electron chi connectivity index (χ0n) is 21.4. The highest BCUT2D eigenvalue weighted by molar-refractivity contribution is 6.03. The molecule has 1 aromatic carbocycles. The van der Waals surface area contributed by atoms with Crippen LogP contribution in [-0.2, 0) is 11.2 Å². The van der Waals surface area contributed by atoms with Gasteiger partial charge in [-0.1, -0.05) is 0 Å². The van der Waals surface area contributed by atoms with Crippen molar-refractivity contribution < 1.29 is 18.7 Å². The largest absolute Gasteiger partial charge is 0.444 e. The van der Waals surface area contributed by atoms with Crippen molar-refractivity contribution in [3.05, 3.63) is 41.4 Å². The fourth-order valence-electron chi connectivity index (χ4n) is 4.79. The number of aryl methyl sites for hydroxylation is 2. The van der Waals surface area contributed by atoms with Crippen molar-refractivity contribution in [2.75, 3.05) is 47.8 Å². The maximum atomic E-state index is 13.2. The number of benzene rings is 1. The minimum atomic E-state index is -0.511. The van der Waals surface area contributed by atoms with E-state index in [2.05, 4.69) is 20.2 Å². The molecule has 0 radical (unpaired) electrons. The Kier molecular flexibility index (Phi) is 5.97. The molecule has 1 saturated heterocycles. The monoisotopic (exact) mass is 492 g/mol. The molecular formula is C26H32N6O4. The van der Waals surface area contributed by atoms with E-state index in [0.717, 1.165) is 28.8 Å². The van der Waals surface area contributed by atoms with E-state index in [1.807, 2.05) is 39.8 Å². The highest BCUT2D eigenvalue weighted by Gasteiger charge is 2.32. The average Bonchev–Trinajstić information content (AvgIpc) is 3.41. The van der Waals surface area contributed by atoms with Gasteiger partial charge in [-0.3, -0.25) is 4.90 Å². The Bertz CT molecular complexity index is 1320. The number of carbonyl (C=O) groups excluding carboxylic acids is 2. The van der Waals surface area contributed by atoms with Crippen LogP contribution in [0.1, 0.15) is 37.8 Å². The number of carbonyl (C=O) groups is 2. The topological polar surface area (TPSA) is 104 Å². The molecule has 2 aromatic heterocycles. The Hall–Kier alpha value is -3.82. The summed E-state index contributed by atoms with van der Waals surface area (Å²) in [6, 6.07) is 5.45. The van der Waals surface area contributed by atoms with Gasteiger partial charge < -0.3 is 24.3 Å². The first-order chi connectivity index (χ1) is 17.1. The third-order valence-corrected chi connectivity index (χ3v) is 6.41. The van der Waals surface area contributed by atoms with Crippen molar-refractivity contribution in [3.63, 3.8) is 0 Å². The second-order valence-electron chi connectivity index (χ2n) is 10.3. The molecule has 0 aliphatic carbocycles. The molecule has 2 aliphatic heterocycles. The molecule has 2 aliphatic rings. The van der Waals surface area contributed by atoms with Gasteiger partial charge in [0.2, 0.25) is 0 Å². The summed E-state index contributed by atoms with van der Waals surface area (Å²) in [6.45, 7) is 12.5. The van der Waals surface area contributed by atoms with Crippen molar-refractivity contribution in [3.8, 4) is 0 Å². The van der Waals surface area contributed by atoms with Gasteiger partial charge in [-0.2, -0.15) is 0 Å². The number of amides is 3. The molecule has 1 N–H and O–H groups in total. The molecule has 36 heavy (non-hydrogen) atoms. The minimum Gasteiger partial charge on any atom is -0.444 e. The standard InChI is InChI=1S/C26H32N6O4/c1-16-14-18(15-21-22(16)28-17(2)35-21)29-24(33)32-9-7-19-20(6-8-27-23(19)32)30-10-12-31(13-11-30)25(34)36-26(3,4)5/h6,8,14-15H,7,9-13H2,1-5H3,(H,29,33). The highest BCUT2D eigenvalue weighted by atomic mass is 16.6. The lowest BCUT2D eigenvalue weighted by Gasteiger charge is -2.37. The summed E-state index contributed by atoms with van der Waals surface area (Å²) in [5.41, 5.74) is 4.65. The maximum absolute atomic E-state index is 13.2. The van der Waals surface area contributed by atoms with Gasteiger partial charge in [0.25, 0.3) is 0 Å². The van der Waals surface area contributed by atoms with Crippen molar-refractivity contribution in [2.24, 2.45) is 0 Å². The second kappa shape index (κ2) is 9.00. The van der Waals surface area contributed by atoms with Gasteiger partial charge in [-0.05, 0) is 51.8 Å². The summed E-state index contributed by atoms with van der Waals surface area (Å²) < 4.78 is 11.2.